The molecule has 0 radical (unpaired) electrons. The predicted octanol–water partition coefficient (Wildman–Crippen LogP) is 1.51. The van der Waals surface area contributed by atoms with Gasteiger partial charge in [0.05, 0.1) is 5.92 Å². The predicted molar refractivity (Wildman–Crippen MR) is 114 cm³/mol. The molecule has 2 aliphatic heterocycles. The molecule has 1 saturated heterocycles. The van der Waals surface area contributed by atoms with E-state index in [9.17, 15) is 24.3 Å². The highest BCUT2D eigenvalue weighted by Crippen LogP contribution is 2.37. The Hall–Kier alpha value is -4.08. The summed E-state index contributed by atoms with van der Waals surface area (Å²) in [5.74, 6) is -1.61. The maximum Gasteiger partial charge on any atom is 0.326 e. The Bertz CT molecular complexity index is 1100. The summed E-state index contributed by atoms with van der Waals surface area (Å²) >= 11 is 0. The van der Waals surface area contributed by atoms with Gasteiger partial charge in [0.1, 0.15) is 11.8 Å². The van der Waals surface area contributed by atoms with Gasteiger partial charge in [-0.05, 0) is 29.8 Å². The van der Waals surface area contributed by atoms with Gasteiger partial charge in [0.2, 0.25) is 18.6 Å². The Morgan fingerprint density at radius 1 is 1.15 bits per heavy atom. The third kappa shape index (κ3) is 5.05. The number of aliphatic carboxylic acids is 1. The van der Waals surface area contributed by atoms with E-state index in [-0.39, 0.29) is 32.1 Å². The highest BCUT2D eigenvalue weighted by molar-refractivity contribution is 6.01. The molecule has 1 fully saturated rings. The molecule has 0 saturated carbocycles. The van der Waals surface area contributed by atoms with Crippen molar-refractivity contribution < 1.29 is 38.5 Å². The molecule has 4 rings (SSSR count). The molecule has 2 amide bonds. The zero-order chi connectivity index (χ0) is 23.5. The Morgan fingerprint density at radius 3 is 2.58 bits per heavy atom. The SMILES string of the molecule is CC(=O)Oc1ccc(CC(NC(=O)C2CC(=O)N(c3ccc4c(c3)OCO4)C2)C(=O)O)cc1. The first-order valence-corrected chi connectivity index (χ1v) is 10.3. The van der Waals surface area contributed by atoms with Crippen molar-refractivity contribution in [3.05, 3.63) is 48.0 Å². The number of nitrogens with one attached hydrogen (secondary N) is 1. The van der Waals surface area contributed by atoms with Gasteiger partial charge in [0.25, 0.3) is 0 Å². The van der Waals surface area contributed by atoms with Crippen LogP contribution in [0, 0.1) is 5.92 Å². The van der Waals surface area contributed by atoms with E-state index < -0.39 is 29.8 Å². The molecule has 0 aliphatic carbocycles. The van der Waals surface area contributed by atoms with Crippen LogP contribution in [-0.4, -0.2) is 48.2 Å². The molecule has 10 heteroatoms. The minimum absolute atomic E-state index is 0.0241. The van der Waals surface area contributed by atoms with E-state index in [4.69, 9.17) is 14.2 Å². The molecule has 33 heavy (non-hydrogen) atoms. The fourth-order valence-corrected chi connectivity index (χ4v) is 3.77. The summed E-state index contributed by atoms with van der Waals surface area (Å²) < 4.78 is 15.6. The fraction of sp³-hybridized carbons (Fsp3) is 0.304. The molecule has 0 bridgehead atoms. The van der Waals surface area contributed by atoms with Crippen LogP contribution in [0.15, 0.2) is 42.5 Å². The lowest BCUT2D eigenvalue weighted by atomic mass is 10.0. The average molecular weight is 454 g/mol. The monoisotopic (exact) mass is 454 g/mol. The quantitative estimate of drug-likeness (QED) is 0.475. The second-order valence-electron chi connectivity index (χ2n) is 7.78. The summed E-state index contributed by atoms with van der Waals surface area (Å²) in [5, 5.41) is 12.1. The highest BCUT2D eigenvalue weighted by Gasteiger charge is 2.37. The van der Waals surface area contributed by atoms with Crippen LogP contribution in [0.4, 0.5) is 5.69 Å². The van der Waals surface area contributed by atoms with E-state index >= 15 is 0 Å². The van der Waals surface area contributed by atoms with Crippen LogP contribution in [0.5, 0.6) is 17.2 Å². The number of carboxylic acid groups (broad SMARTS) is 1. The van der Waals surface area contributed by atoms with Gasteiger partial charge in [0.15, 0.2) is 11.5 Å². The lowest BCUT2D eigenvalue weighted by molar-refractivity contribution is -0.142. The number of hydrogen-bond donors (Lipinski definition) is 2. The van der Waals surface area contributed by atoms with E-state index in [2.05, 4.69) is 5.32 Å². The van der Waals surface area contributed by atoms with Crippen LogP contribution >= 0.6 is 0 Å². The lowest BCUT2D eigenvalue weighted by Crippen LogP contribution is -2.45. The molecular formula is C23H22N2O8. The number of anilines is 1. The van der Waals surface area contributed by atoms with Crippen molar-refractivity contribution >= 4 is 29.4 Å². The number of hydrogen-bond acceptors (Lipinski definition) is 7. The van der Waals surface area contributed by atoms with E-state index in [0.717, 1.165) is 0 Å². The van der Waals surface area contributed by atoms with Crippen molar-refractivity contribution in [3.63, 3.8) is 0 Å². The lowest BCUT2D eigenvalue weighted by Gasteiger charge is -2.19. The Balaban J connectivity index is 1.39. The van der Waals surface area contributed by atoms with Crippen molar-refractivity contribution in [2.45, 2.75) is 25.8 Å². The van der Waals surface area contributed by atoms with Crippen LogP contribution in [0.2, 0.25) is 0 Å². The molecule has 2 N–H and O–H groups in total. The van der Waals surface area contributed by atoms with E-state index in [1.165, 1.54) is 11.8 Å². The topological polar surface area (TPSA) is 131 Å². The van der Waals surface area contributed by atoms with Gasteiger partial charge >= 0.3 is 11.9 Å². The number of rotatable bonds is 7. The molecule has 2 unspecified atom stereocenters. The van der Waals surface area contributed by atoms with Gasteiger partial charge in [-0.15, -0.1) is 0 Å². The van der Waals surface area contributed by atoms with E-state index in [1.807, 2.05) is 0 Å². The van der Waals surface area contributed by atoms with Crippen molar-refractivity contribution in [1.29, 1.82) is 0 Å². The highest BCUT2D eigenvalue weighted by atomic mass is 16.7. The number of benzene rings is 2. The molecule has 0 aromatic heterocycles. The first-order chi connectivity index (χ1) is 15.8. The minimum atomic E-state index is -1.19. The molecule has 2 aliphatic rings. The second-order valence-corrected chi connectivity index (χ2v) is 7.78. The second kappa shape index (κ2) is 9.19. The molecule has 2 heterocycles. The largest absolute Gasteiger partial charge is 0.480 e. The number of fused-ring (bicyclic) bond motifs is 1. The minimum Gasteiger partial charge on any atom is -0.480 e. The van der Waals surface area contributed by atoms with E-state index in [0.29, 0.717) is 28.5 Å². The van der Waals surface area contributed by atoms with Crippen molar-refractivity contribution in [1.82, 2.24) is 5.32 Å². The normalized spacial score (nSPS) is 17.5. The third-order valence-corrected chi connectivity index (χ3v) is 5.40. The summed E-state index contributed by atoms with van der Waals surface area (Å²) in [5.41, 5.74) is 1.23. The molecule has 0 spiro atoms. The zero-order valence-corrected chi connectivity index (χ0v) is 17.8. The maximum absolute atomic E-state index is 12.8. The van der Waals surface area contributed by atoms with Gasteiger partial charge < -0.3 is 29.5 Å². The van der Waals surface area contributed by atoms with Crippen molar-refractivity contribution in [3.8, 4) is 17.2 Å². The Morgan fingerprint density at radius 2 is 1.88 bits per heavy atom. The number of carbonyl (C=O) groups excluding carboxylic acids is 3. The van der Waals surface area contributed by atoms with Gasteiger partial charge in [-0.3, -0.25) is 14.4 Å². The standard InChI is InChI=1S/C23H22N2O8/c1-13(26)33-17-5-2-14(3-6-17)8-18(23(29)30)24-22(28)15-9-21(27)25(11-15)16-4-7-19-20(10-16)32-12-31-19/h2-7,10,15,18H,8-9,11-12H2,1H3,(H,24,28)(H,29,30). The number of ether oxygens (including phenoxy) is 3. The van der Waals surface area contributed by atoms with Crippen LogP contribution in [0.1, 0.15) is 18.9 Å². The van der Waals surface area contributed by atoms with Crippen LogP contribution < -0.4 is 24.4 Å². The number of nitrogens with zero attached hydrogens (tertiary/aromatic N) is 1. The summed E-state index contributed by atoms with van der Waals surface area (Å²) in [6.07, 6.45) is 0.0116. The third-order valence-electron chi connectivity index (χ3n) is 5.40. The molecule has 2 aromatic rings. The van der Waals surface area contributed by atoms with E-state index in [1.54, 1.807) is 42.5 Å². The van der Waals surface area contributed by atoms with Gasteiger partial charge in [-0.2, -0.15) is 0 Å². The summed E-state index contributed by atoms with van der Waals surface area (Å²) in [6, 6.07) is 10.3. The number of esters is 1. The molecule has 172 valence electrons. The smallest absolute Gasteiger partial charge is 0.326 e. The zero-order valence-electron chi connectivity index (χ0n) is 17.8. The summed E-state index contributed by atoms with van der Waals surface area (Å²) in [6.45, 7) is 1.53. The van der Waals surface area contributed by atoms with Crippen molar-refractivity contribution in [2.24, 2.45) is 5.92 Å². The Kier molecular flexibility index (Phi) is 6.16. The van der Waals surface area contributed by atoms with Crippen LogP contribution in [-0.2, 0) is 25.6 Å². The first kappa shape index (κ1) is 22.1. The van der Waals surface area contributed by atoms with Gasteiger partial charge in [-0.1, -0.05) is 12.1 Å². The molecular weight excluding hydrogens is 432 g/mol. The molecule has 2 aromatic carbocycles. The van der Waals surface area contributed by atoms with Crippen LogP contribution in [0.3, 0.4) is 0 Å². The van der Waals surface area contributed by atoms with Crippen LogP contribution in [0.25, 0.3) is 0 Å². The molecule has 10 nitrogen and oxygen atoms in total. The molecule has 2 atom stereocenters. The Labute approximate surface area is 189 Å². The van der Waals surface area contributed by atoms with Crippen molar-refractivity contribution in [2.75, 3.05) is 18.2 Å². The first-order valence-electron chi connectivity index (χ1n) is 10.3. The number of carboxylic acids is 1. The average Bonchev–Trinajstić information content (AvgIpc) is 3.40. The van der Waals surface area contributed by atoms with Gasteiger partial charge in [0, 0.05) is 38.1 Å². The number of carbonyl (C=O) groups is 4. The summed E-state index contributed by atoms with van der Waals surface area (Å²) in [7, 11) is 0. The maximum atomic E-state index is 12.8. The number of amides is 2. The fourth-order valence-electron chi connectivity index (χ4n) is 3.77. The van der Waals surface area contributed by atoms with Gasteiger partial charge in [-0.25, -0.2) is 4.79 Å². The summed E-state index contributed by atoms with van der Waals surface area (Å²) in [4.78, 5) is 49.5.